The number of hydrogen-bond donors (Lipinski definition) is 1. The van der Waals surface area contributed by atoms with Crippen LogP contribution in [0, 0.1) is 11.3 Å². The lowest BCUT2D eigenvalue weighted by Gasteiger charge is -2.39. The second-order valence-corrected chi connectivity index (χ2v) is 5.31. The number of hydrogen-bond acceptors (Lipinski definition) is 1. The van der Waals surface area contributed by atoms with Crippen molar-refractivity contribution in [3.63, 3.8) is 0 Å². The summed E-state index contributed by atoms with van der Waals surface area (Å²) in [5.74, 6) is 0.841. The van der Waals surface area contributed by atoms with E-state index in [0.717, 1.165) is 5.92 Å². The Morgan fingerprint density at radius 2 is 1.75 bits per heavy atom. The molecule has 0 saturated heterocycles. The Morgan fingerprint density at radius 1 is 1.06 bits per heavy atom. The predicted molar refractivity (Wildman–Crippen MR) is 74.9 cm³/mol. The molecule has 0 heterocycles. The highest BCUT2D eigenvalue weighted by Crippen LogP contribution is 2.38. The molecule has 0 fully saturated rings. The van der Waals surface area contributed by atoms with Crippen LogP contribution in [0.1, 0.15) is 73.1 Å². The average Bonchev–Trinajstić information content (AvgIpc) is 2.33. The Bertz CT molecular complexity index is 156. The fraction of sp³-hybridized carbons (Fsp3) is 1.00. The van der Waals surface area contributed by atoms with E-state index < -0.39 is 0 Å². The van der Waals surface area contributed by atoms with Gasteiger partial charge in [0.05, 0.1) is 0 Å². The Morgan fingerprint density at radius 3 is 2.19 bits per heavy atom. The minimum absolute atomic E-state index is 0.542. The van der Waals surface area contributed by atoms with Gasteiger partial charge in [-0.1, -0.05) is 53.9 Å². The van der Waals surface area contributed by atoms with E-state index in [9.17, 15) is 0 Å². The molecule has 0 rings (SSSR count). The van der Waals surface area contributed by atoms with Crippen LogP contribution in [-0.2, 0) is 0 Å². The van der Waals surface area contributed by atoms with Gasteiger partial charge in [-0.15, -0.1) is 0 Å². The van der Waals surface area contributed by atoms with E-state index in [0.29, 0.717) is 5.41 Å². The van der Waals surface area contributed by atoms with Crippen molar-refractivity contribution in [1.29, 1.82) is 0 Å². The molecule has 1 nitrogen and oxygen atoms in total. The molecule has 0 aromatic rings. The van der Waals surface area contributed by atoms with Crippen LogP contribution in [0.15, 0.2) is 0 Å². The maximum atomic E-state index is 3.65. The second-order valence-electron chi connectivity index (χ2n) is 5.31. The Kier molecular flexibility index (Phi) is 9.02. The normalized spacial score (nSPS) is 17.1. The summed E-state index contributed by atoms with van der Waals surface area (Å²) in [5.41, 5.74) is 0.542. The molecule has 0 saturated carbocycles. The second kappa shape index (κ2) is 9.04. The van der Waals surface area contributed by atoms with Gasteiger partial charge in [-0.05, 0) is 37.1 Å². The summed E-state index contributed by atoms with van der Waals surface area (Å²) in [5, 5.41) is 3.65. The first-order valence-corrected chi connectivity index (χ1v) is 7.37. The molecule has 16 heavy (non-hydrogen) atoms. The summed E-state index contributed by atoms with van der Waals surface area (Å²) in [4.78, 5) is 0. The van der Waals surface area contributed by atoms with Gasteiger partial charge in [0.2, 0.25) is 0 Å². The van der Waals surface area contributed by atoms with Crippen molar-refractivity contribution in [2.75, 3.05) is 13.1 Å². The summed E-state index contributed by atoms with van der Waals surface area (Å²) >= 11 is 0. The third-order valence-electron chi connectivity index (χ3n) is 4.29. The molecule has 0 aliphatic heterocycles. The first-order valence-electron chi connectivity index (χ1n) is 7.37. The SMILES string of the molecule is CCCCC(CC)(CNCCC)C(C)CC. The van der Waals surface area contributed by atoms with E-state index in [2.05, 4.69) is 39.9 Å². The van der Waals surface area contributed by atoms with Crippen LogP contribution in [0.3, 0.4) is 0 Å². The quantitative estimate of drug-likeness (QED) is 0.537. The molecule has 0 aliphatic rings. The lowest BCUT2D eigenvalue weighted by Crippen LogP contribution is -2.39. The minimum Gasteiger partial charge on any atom is -0.316 e. The molecule has 0 aliphatic carbocycles. The lowest BCUT2D eigenvalue weighted by atomic mass is 9.69. The van der Waals surface area contributed by atoms with Crippen LogP contribution in [0.4, 0.5) is 0 Å². The van der Waals surface area contributed by atoms with Gasteiger partial charge in [0.1, 0.15) is 0 Å². The highest BCUT2D eigenvalue weighted by molar-refractivity contribution is 4.84. The highest BCUT2D eigenvalue weighted by Gasteiger charge is 2.32. The molecule has 2 unspecified atom stereocenters. The summed E-state index contributed by atoms with van der Waals surface area (Å²) in [6, 6.07) is 0. The van der Waals surface area contributed by atoms with E-state index in [1.165, 1.54) is 51.6 Å². The van der Waals surface area contributed by atoms with E-state index in [1.54, 1.807) is 0 Å². The number of rotatable bonds is 10. The molecular formula is C15H33N. The smallest absolute Gasteiger partial charge is 0.00103 e. The topological polar surface area (TPSA) is 12.0 Å². The zero-order chi connectivity index (χ0) is 12.4. The van der Waals surface area contributed by atoms with Crippen LogP contribution in [0.25, 0.3) is 0 Å². The van der Waals surface area contributed by atoms with Gasteiger partial charge < -0.3 is 5.32 Å². The third-order valence-corrected chi connectivity index (χ3v) is 4.29. The molecule has 0 bridgehead atoms. The van der Waals surface area contributed by atoms with Gasteiger partial charge in [0, 0.05) is 6.54 Å². The van der Waals surface area contributed by atoms with E-state index in [4.69, 9.17) is 0 Å². The Hall–Kier alpha value is -0.0400. The maximum Gasteiger partial charge on any atom is 0.00103 e. The van der Waals surface area contributed by atoms with Crippen molar-refractivity contribution in [3.05, 3.63) is 0 Å². The van der Waals surface area contributed by atoms with E-state index in [1.807, 2.05) is 0 Å². The Balaban J connectivity index is 4.40. The molecule has 0 aromatic carbocycles. The monoisotopic (exact) mass is 227 g/mol. The predicted octanol–water partition coefficient (Wildman–Crippen LogP) is 4.62. The number of unbranched alkanes of at least 4 members (excludes halogenated alkanes) is 1. The van der Waals surface area contributed by atoms with Crippen LogP contribution >= 0.6 is 0 Å². The lowest BCUT2D eigenvalue weighted by molar-refractivity contribution is 0.135. The van der Waals surface area contributed by atoms with Crippen LogP contribution < -0.4 is 5.32 Å². The van der Waals surface area contributed by atoms with Gasteiger partial charge in [-0.3, -0.25) is 0 Å². The minimum atomic E-state index is 0.542. The number of nitrogens with one attached hydrogen (secondary N) is 1. The van der Waals surface area contributed by atoms with Crippen molar-refractivity contribution in [3.8, 4) is 0 Å². The van der Waals surface area contributed by atoms with Gasteiger partial charge in [0.15, 0.2) is 0 Å². The largest absolute Gasteiger partial charge is 0.316 e. The molecule has 0 amide bonds. The summed E-state index contributed by atoms with van der Waals surface area (Å²) in [7, 11) is 0. The molecule has 98 valence electrons. The highest BCUT2D eigenvalue weighted by atomic mass is 14.9. The van der Waals surface area contributed by atoms with Crippen LogP contribution in [0.2, 0.25) is 0 Å². The fourth-order valence-corrected chi connectivity index (χ4v) is 2.64. The fourth-order valence-electron chi connectivity index (χ4n) is 2.64. The van der Waals surface area contributed by atoms with Crippen molar-refractivity contribution in [2.45, 2.75) is 73.1 Å². The molecule has 1 heteroatoms. The molecular weight excluding hydrogens is 194 g/mol. The third kappa shape index (κ3) is 4.86. The Labute approximate surface area is 103 Å². The summed E-state index contributed by atoms with van der Waals surface area (Å²) < 4.78 is 0. The van der Waals surface area contributed by atoms with Gasteiger partial charge >= 0.3 is 0 Å². The zero-order valence-electron chi connectivity index (χ0n) is 12.2. The molecule has 2 atom stereocenters. The maximum absolute atomic E-state index is 3.65. The van der Waals surface area contributed by atoms with Gasteiger partial charge in [-0.2, -0.15) is 0 Å². The molecule has 0 aromatic heterocycles. The van der Waals surface area contributed by atoms with Crippen LogP contribution in [0.5, 0.6) is 0 Å². The first-order chi connectivity index (χ1) is 7.66. The molecule has 0 spiro atoms. The van der Waals surface area contributed by atoms with Crippen molar-refractivity contribution < 1.29 is 0 Å². The van der Waals surface area contributed by atoms with E-state index in [-0.39, 0.29) is 0 Å². The van der Waals surface area contributed by atoms with Crippen molar-refractivity contribution in [1.82, 2.24) is 5.32 Å². The van der Waals surface area contributed by atoms with Gasteiger partial charge in [-0.25, -0.2) is 0 Å². The standard InChI is InChI=1S/C15H33N/c1-6-10-11-15(9-4,14(5)8-3)13-16-12-7-2/h14,16H,6-13H2,1-5H3. The van der Waals surface area contributed by atoms with Crippen molar-refractivity contribution >= 4 is 0 Å². The van der Waals surface area contributed by atoms with Gasteiger partial charge in [0.25, 0.3) is 0 Å². The van der Waals surface area contributed by atoms with E-state index >= 15 is 0 Å². The summed E-state index contributed by atoms with van der Waals surface area (Å²) in [6.45, 7) is 14.1. The first kappa shape index (κ1) is 16.0. The summed E-state index contributed by atoms with van der Waals surface area (Å²) in [6.07, 6.45) is 7.97. The van der Waals surface area contributed by atoms with Crippen LogP contribution in [-0.4, -0.2) is 13.1 Å². The zero-order valence-corrected chi connectivity index (χ0v) is 12.2. The average molecular weight is 227 g/mol. The molecule has 0 radical (unpaired) electrons. The molecule has 1 N–H and O–H groups in total. The van der Waals surface area contributed by atoms with Crippen molar-refractivity contribution in [2.24, 2.45) is 11.3 Å².